The molecule has 1 aliphatic rings. The largest absolute Gasteiger partial charge is 0.496 e. The van der Waals surface area contributed by atoms with Gasteiger partial charge in [-0.05, 0) is 19.4 Å². The van der Waals surface area contributed by atoms with Crippen LogP contribution in [0.25, 0.3) is 10.8 Å². The number of aromatic nitrogens is 2. The molecule has 0 aliphatic carbocycles. The number of rotatable bonds is 3. The second kappa shape index (κ2) is 4.46. The molecule has 6 heteroatoms. The molecule has 1 fully saturated rings. The Balaban J connectivity index is 1.83. The first-order valence-electron chi connectivity index (χ1n) is 5.56. The molecule has 1 unspecified atom stereocenters. The summed E-state index contributed by atoms with van der Waals surface area (Å²) in [6, 6.07) is 2.15. The van der Waals surface area contributed by atoms with Gasteiger partial charge in [0.05, 0.1) is 18.0 Å². The van der Waals surface area contributed by atoms with Crippen LogP contribution in [0, 0.1) is 0 Å². The molecule has 3 heterocycles. The molecule has 5 nitrogen and oxygen atoms in total. The number of nitrogens with zero attached hydrogens (tertiary/aromatic N) is 2. The Morgan fingerprint density at radius 1 is 1.59 bits per heavy atom. The number of nitrogens with one attached hydrogen (secondary N) is 1. The van der Waals surface area contributed by atoms with E-state index in [1.807, 2.05) is 11.4 Å². The van der Waals surface area contributed by atoms with Crippen LogP contribution in [0.4, 0.5) is 0 Å². The van der Waals surface area contributed by atoms with Gasteiger partial charge in [-0.15, -0.1) is 11.3 Å². The Hall–Kier alpha value is -1.40. The fourth-order valence-electron chi connectivity index (χ4n) is 1.92. The average molecular weight is 251 g/mol. The number of thiophene rings is 1. The van der Waals surface area contributed by atoms with Crippen LogP contribution in [0.1, 0.15) is 24.7 Å². The van der Waals surface area contributed by atoms with Gasteiger partial charge in [-0.1, -0.05) is 5.16 Å². The summed E-state index contributed by atoms with van der Waals surface area (Å²) in [5.41, 5.74) is 0. The molecule has 2 aromatic heterocycles. The number of ether oxygens (including phenoxy) is 1. The van der Waals surface area contributed by atoms with Crippen LogP contribution in [-0.4, -0.2) is 23.8 Å². The lowest BCUT2D eigenvalue weighted by molar-refractivity contribution is 0.410. The fraction of sp³-hybridized carbons (Fsp3) is 0.455. The lowest BCUT2D eigenvalue weighted by atomic mass is 10.2. The van der Waals surface area contributed by atoms with Crippen molar-refractivity contribution in [3.63, 3.8) is 0 Å². The summed E-state index contributed by atoms with van der Waals surface area (Å²) in [6.07, 6.45) is 2.24. The third kappa shape index (κ3) is 2.05. The van der Waals surface area contributed by atoms with E-state index >= 15 is 0 Å². The summed E-state index contributed by atoms with van der Waals surface area (Å²) < 4.78 is 10.4. The lowest BCUT2D eigenvalue weighted by Gasteiger charge is -2.01. The summed E-state index contributed by atoms with van der Waals surface area (Å²) in [4.78, 5) is 5.37. The smallest absolute Gasteiger partial charge is 0.268 e. The van der Waals surface area contributed by atoms with Gasteiger partial charge in [0.2, 0.25) is 0 Å². The van der Waals surface area contributed by atoms with Crippen molar-refractivity contribution in [1.29, 1.82) is 0 Å². The first kappa shape index (κ1) is 10.7. The fourth-order valence-corrected chi connectivity index (χ4v) is 2.69. The molecule has 17 heavy (non-hydrogen) atoms. The second-order valence-corrected chi connectivity index (χ2v) is 4.87. The maximum Gasteiger partial charge on any atom is 0.268 e. The van der Waals surface area contributed by atoms with Crippen molar-refractivity contribution in [3.05, 3.63) is 17.3 Å². The first-order valence-corrected chi connectivity index (χ1v) is 6.44. The van der Waals surface area contributed by atoms with Crippen LogP contribution in [-0.2, 0) is 0 Å². The predicted octanol–water partition coefficient (Wildman–Crippen LogP) is 2.23. The Bertz CT molecular complexity index is 502. The monoisotopic (exact) mass is 251 g/mol. The van der Waals surface area contributed by atoms with Crippen LogP contribution in [0.5, 0.6) is 5.75 Å². The minimum atomic E-state index is 0.245. The summed E-state index contributed by atoms with van der Waals surface area (Å²) in [5.74, 6) is 2.15. The van der Waals surface area contributed by atoms with E-state index in [2.05, 4.69) is 15.5 Å². The Morgan fingerprint density at radius 2 is 2.53 bits per heavy atom. The quantitative estimate of drug-likeness (QED) is 0.906. The van der Waals surface area contributed by atoms with E-state index in [0.29, 0.717) is 5.89 Å². The van der Waals surface area contributed by atoms with E-state index in [9.17, 15) is 0 Å². The average Bonchev–Trinajstić information content (AvgIpc) is 3.09. The highest BCUT2D eigenvalue weighted by Crippen LogP contribution is 2.31. The van der Waals surface area contributed by atoms with Crippen molar-refractivity contribution < 1.29 is 9.26 Å². The van der Waals surface area contributed by atoms with Gasteiger partial charge in [-0.25, -0.2) is 0 Å². The van der Waals surface area contributed by atoms with Crippen molar-refractivity contribution in [1.82, 2.24) is 15.5 Å². The van der Waals surface area contributed by atoms with Gasteiger partial charge in [-0.2, -0.15) is 4.98 Å². The predicted molar refractivity (Wildman–Crippen MR) is 64.1 cm³/mol. The van der Waals surface area contributed by atoms with E-state index in [-0.39, 0.29) is 6.04 Å². The summed E-state index contributed by atoms with van der Waals surface area (Å²) in [5, 5.41) is 9.30. The highest BCUT2D eigenvalue weighted by molar-refractivity contribution is 7.13. The third-order valence-electron chi connectivity index (χ3n) is 2.84. The SMILES string of the molecule is COc1csc(-c2nc(C3CCCN3)no2)c1. The molecule has 0 radical (unpaired) electrons. The van der Waals surface area contributed by atoms with E-state index in [1.54, 1.807) is 18.4 Å². The van der Waals surface area contributed by atoms with Gasteiger partial charge in [0.15, 0.2) is 5.82 Å². The van der Waals surface area contributed by atoms with Crippen molar-refractivity contribution in [2.24, 2.45) is 0 Å². The molecule has 0 saturated carbocycles. The molecule has 2 aromatic rings. The van der Waals surface area contributed by atoms with Gasteiger partial charge in [0.1, 0.15) is 5.75 Å². The molecule has 90 valence electrons. The molecular weight excluding hydrogens is 238 g/mol. The maximum absolute atomic E-state index is 5.27. The van der Waals surface area contributed by atoms with Gasteiger partial charge in [-0.3, -0.25) is 0 Å². The minimum absolute atomic E-state index is 0.245. The van der Waals surface area contributed by atoms with Gasteiger partial charge >= 0.3 is 0 Å². The zero-order valence-electron chi connectivity index (χ0n) is 9.47. The van der Waals surface area contributed by atoms with Crippen LogP contribution in [0.3, 0.4) is 0 Å². The molecule has 1 aliphatic heterocycles. The third-order valence-corrected chi connectivity index (χ3v) is 3.73. The van der Waals surface area contributed by atoms with E-state index in [1.165, 1.54) is 6.42 Å². The lowest BCUT2D eigenvalue weighted by Crippen LogP contribution is -2.14. The van der Waals surface area contributed by atoms with E-state index in [4.69, 9.17) is 9.26 Å². The molecule has 0 bridgehead atoms. The zero-order valence-corrected chi connectivity index (χ0v) is 10.3. The summed E-state index contributed by atoms with van der Waals surface area (Å²) in [7, 11) is 1.65. The molecule has 1 atom stereocenters. The Labute approximate surface area is 103 Å². The molecule has 0 spiro atoms. The highest BCUT2D eigenvalue weighted by Gasteiger charge is 2.22. The Kier molecular flexibility index (Phi) is 2.82. The summed E-state index contributed by atoms with van der Waals surface area (Å²) >= 11 is 1.54. The first-order chi connectivity index (χ1) is 8.36. The Morgan fingerprint density at radius 3 is 3.24 bits per heavy atom. The summed E-state index contributed by atoms with van der Waals surface area (Å²) in [6.45, 7) is 1.03. The molecule has 3 rings (SSSR count). The normalized spacial score (nSPS) is 19.7. The number of hydrogen-bond donors (Lipinski definition) is 1. The van der Waals surface area contributed by atoms with Crippen LogP contribution in [0.15, 0.2) is 16.0 Å². The highest BCUT2D eigenvalue weighted by atomic mass is 32.1. The topological polar surface area (TPSA) is 60.2 Å². The van der Waals surface area contributed by atoms with Crippen molar-refractivity contribution >= 4 is 11.3 Å². The second-order valence-electron chi connectivity index (χ2n) is 3.96. The molecule has 1 N–H and O–H groups in total. The van der Waals surface area contributed by atoms with Gasteiger partial charge in [0.25, 0.3) is 5.89 Å². The van der Waals surface area contributed by atoms with Crippen molar-refractivity contribution in [2.45, 2.75) is 18.9 Å². The standard InChI is InChI=1S/C11H13N3O2S/c1-15-7-5-9(17-6-7)11-13-10(14-16-11)8-3-2-4-12-8/h5-6,8,12H,2-4H2,1H3. The molecule has 0 amide bonds. The van der Waals surface area contributed by atoms with Crippen molar-refractivity contribution in [2.75, 3.05) is 13.7 Å². The maximum atomic E-state index is 5.27. The van der Waals surface area contributed by atoms with Gasteiger partial charge < -0.3 is 14.6 Å². The number of methoxy groups -OCH3 is 1. The molecule has 1 saturated heterocycles. The van der Waals surface area contributed by atoms with Crippen LogP contribution < -0.4 is 10.1 Å². The molecular formula is C11H13N3O2S. The minimum Gasteiger partial charge on any atom is -0.496 e. The van der Waals surface area contributed by atoms with Crippen LogP contribution in [0.2, 0.25) is 0 Å². The molecule has 0 aromatic carbocycles. The van der Waals surface area contributed by atoms with Crippen LogP contribution >= 0.6 is 11.3 Å². The van der Waals surface area contributed by atoms with E-state index < -0.39 is 0 Å². The van der Waals surface area contributed by atoms with Gasteiger partial charge in [0, 0.05) is 11.4 Å². The van der Waals surface area contributed by atoms with Crippen molar-refractivity contribution in [3.8, 4) is 16.5 Å². The van der Waals surface area contributed by atoms with E-state index in [0.717, 1.165) is 29.4 Å². The zero-order chi connectivity index (χ0) is 11.7. The number of hydrogen-bond acceptors (Lipinski definition) is 6.